The summed E-state index contributed by atoms with van der Waals surface area (Å²) in [5.41, 5.74) is 10.1. The van der Waals surface area contributed by atoms with Gasteiger partial charge in [-0.1, -0.05) is 0 Å². The fourth-order valence-corrected chi connectivity index (χ4v) is 0.958. The van der Waals surface area contributed by atoms with E-state index in [0.717, 1.165) is 0 Å². The third-order valence-corrected chi connectivity index (χ3v) is 1.80. The van der Waals surface area contributed by atoms with Crippen LogP contribution in [-0.2, 0) is 14.4 Å². The van der Waals surface area contributed by atoms with Gasteiger partial charge in [-0.2, -0.15) is 0 Å². The van der Waals surface area contributed by atoms with Gasteiger partial charge in [0.15, 0.2) is 6.04 Å². The van der Waals surface area contributed by atoms with Crippen LogP contribution in [0, 0.1) is 0 Å². The zero-order valence-corrected chi connectivity index (χ0v) is 8.71. The first-order chi connectivity index (χ1) is 7.25. The maximum atomic E-state index is 11.3. The number of amides is 2. The molecule has 0 fully saturated rings. The molecule has 0 rings (SSSR count). The van der Waals surface area contributed by atoms with Gasteiger partial charge in [0, 0.05) is 0 Å². The molecule has 3 atom stereocenters. The molecular weight excluding hydrogens is 218 g/mol. The number of carboxylic acids is 1. The number of carboxylic acid groups (broad SMARTS) is 1. The first-order valence-corrected chi connectivity index (χ1v) is 4.50. The van der Waals surface area contributed by atoms with Gasteiger partial charge in [0.1, 0.15) is 0 Å². The van der Waals surface area contributed by atoms with E-state index in [9.17, 15) is 14.4 Å². The highest BCUT2D eigenvalue weighted by Crippen LogP contribution is 1.95. The summed E-state index contributed by atoms with van der Waals surface area (Å²) in [5.74, 6) is -3.02. The van der Waals surface area contributed by atoms with Crippen molar-refractivity contribution < 1.29 is 24.6 Å². The number of carbonyl (C=O) groups is 3. The summed E-state index contributed by atoms with van der Waals surface area (Å²) in [7, 11) is 0. The molecule has 0 aromatic rings. The Morgan fingerprint density at radius 1 is 1.38 bits per heavy atom. The molecule has 0 radical (unpaired) electrons. The summed E-state index contributed by atoms with van der Waals surface area (Å²) in [4.78, 5) is 32.4. The predicted octanol–water partition coefficient (Wildman–Crippen LogP) is -2.86. The molecule has 0 aromatic heterocycles. The minimum Gasteiger partial charge on any atom is -0.480 e. The second kappa shape index (κ2) is 6.03. The van der Waals surface area contributed by atoms with E-state index in [1.165, 1.54) is 6.92 Å². The van der Waals surface area contributed by atoms with Crippen molar-refractivity contribution in [1.29, 1.82) is 0 Å². The smallest absolute Gasteiger partial charge is 0.328 e. The second-order valence-corrected chi connectivity index (χ2v) is 3.34. The number of nitrogens with one attached hydrogen (secondary N) is 1. The molecule has 0 bridgehead atoms. The third kappa shape index (κ3) is 4.71. The lowest BCUT2D eigenvalue weighted by molar-refractivity contribution is -0.145. The molecule has 0 aromatic carbocycles. The molecule has 0 aliphatic carbocycles. The Hall–Kier alpha value is -1.67. The van der Waals surface area contributed by atoms with Crippen molar-refractivity contribution in [3.8, 4) is 0 Å². The van der Waals surface area contributed by atoms with Crippen LogP contribution in [0.4, 0.5) is 0 Å². The molecular formula is C8H15N3O5. The predicted molar refractivity (Wildman–Crippen MR) is 53.0 cm³/mol. The number of hydrogen-bond acceptors (Lipinski definition) is 5. The Labute approximate surface area is 91.6 Å². The Bertz CT molecular complexity index is 291. The quantitative estimate of drug-likeness (QED) is 0.332. The molecule has 8 heteroatoms. The SMILES string of the molecule is CC(O)[C@H](NC(=O)[C@@H](N)CC(N)=O)C(=O)O. The maximum absolute atomic E-state index is 11.3. The highest BCUT2D eigenvalue weighted by Gasteiger charge is 2.27. The van der Waals surface area contributed by atoms with Crippen molar-refractivity contribution in [2.75, 3.05) is 0 Å². The zero-order chi connectivity index (χ0) is 12.9. The van der Waals surface area contributed by atoms with Crippen LogP contribution >= 0.6 is 0 Å². The first-order valence-electron chi connectivity index (χ1n) is 4.50. The van der Waals surface area contributed by atoms with Crippen LogP contribution in [0.1, 0.15) is 13.3 Å². The number of hydrogen-bond donors (Lipinski definition) is 5. The first kappa shape index (κ1) is 14.3. The highest BCUT2D eigenvalue weighted by atomic mass is 16.4. The lowest BCUT2D eigenvalue weighted by Gasteiger charge is -2.19. The number of nitrogens with two attached hydrogens (primary N) is 2. The topological polar surface area (TPSA) is 156 Å². The molecule has 16 heavy (non-hydrogen) atoms. The number of aliphatic carboxylic acids is 1. The van der Waals surface area contributed by atoms with Crippen LogP contribution in [-0.4, -0.2) is 46.2 Å². The maximum Gasteiger partial charge on any atom is 0.328 e. The van der Waals surface area contributed by atoms with E-state index in [2.05, 4.69) is 0 Å². The number of primary amides is 1. The van der Waals surface area contributed by atoms with Crippen molar-refractivity contribution >= 4 is 17.8 Å². The van der Waals surface area contributed by atoms with Crippen molar-refractivity contribution in [1.82, 2.24) is 5.32 Å². The van der Waals surface area contributed by atoms with E-state index < -0.39 is 42.4 Å². The molecule has 0 aliphatic heterocycles. The van der Waals surface area contributed by atoms with Crippen LogP contribution in [0.3, 0.4) is 0 Å². The van der Waals surface area contributed by atoms with Gasteiger partial charge in [0.25, 0.3) is 0 Å². The average Bonchev–Trinajstić information content (AvgIpc) is 2.11. The normalized spacial score (nSPS) is 15.9. The van der Waals surface area contributed by atoms with E-state index in [1.807, 2.05) is 5.32 Å². The summed E-state index contributed by atoms with van der Waals surface area (Å²) in [6, 6.07) is -2.69. The van der Waals surface area contributed by atoms with E-state index in [-0.39, 0.29) is 0 Å². The minimum absolute atomic E-state index is 0.391. The van der Waals surface area contributed by atoms with E-state index in [1.54, 1.807) is 0 Å². The number of aliphatic hydroxyl groups excluding tert-OH is 1. The molecule has 2 amide bonds. The molecule has 0 spiro atoms. The van der Waals surface area contributed by atoms with Crippen molar-refractivity contribution in [2.45, 2.75) is 31.5 Å². The molecule has 7 N–H and O–H groups in total. The monoisotopic (exact) mass is 233 g/mol. The van der Waals surface area contributed by atoms with Crippen LogP contribution in [0.25, 0.3) is 0 Å². The molecule has 0 heterocycles. The van der Waals surface area contributed by atoms with Gasteiger partial charge < -0.3 is 27.0 Å². The summed E-state index contributed by atoms with van der Waals surface area (Å²) in [5, 5.41) is 19.7. The lowest BCUT2D eigenvalue weighted by Crippen LogP contribution is -2.53. The van der Waals surface area contributed by atoms with Crippen molar-refractivity contribution in [3.63, 3.8) is 0 Å². The second-order valence-electron chi connectivity index (χ2n) is 3.34. The van der Waals surface area contributed by atoms with E-state index in [0.29, 0.717) is 0 Å². The van der Waals surface area contributed by atoms with E-state index >= 15 is 0 Å². The lowest BCUT2D eigenvalue weighted by atomic mass is 10.1. The van der Waals surface area contributed by atoms with Crippen LogP contribution in [0.2, 0.25) is 0 Å². The molecule has 92 valence electrons. The molecule has 8 nitrogen and oxygen atoms in total. The van der Waals surface area contributed by atoms with Gasteiger partial charge in [-0.3, -0.25) is 9.59 Å². The largest absolute Gasteiger partial charge is 0.480 e. The van der Waals surface area contributed by atoms with E-state index in [4.69, 9.17) is 21.7 Å². The van der Waals surface area contributed by atoms with Gasteiger partial charge in [0.2, 0.25) is 11.8 Å². The van der Waals surface area contributed by atoms with Gasteiger partial charge in [0.05, 0.1) is 18.6 Å². The number of carbonyl (C=O) groups excluding carboxylic acids is 2. The Kier molecular flexibility index (Phi) is 5.40. The summed E-state index contributed by atoms with van der Waals surface area (Å²) in [6.45, 7) is 1.21. The van der Waals surface area contributed by atoms with Gasteiger partial charge >= 0.3 is 5.97 Å². The summed E-state index contributed by atoms with van der Waals surface area (Å²) >= 11 is 0. The van der Waals surface area contributed by atoms with Crippen LogP contribution < -0.4 is 16.8 Å². The van der Waals surface area contributed by atoms with Crippen molar-refractivity contribution in [2.24, 2.45) is 11.5 Å². The number of aliphatic hydroxyl groups is 1. The fraction of sp³-hybridized carbons (Fsp3) is 0.625. The van der Waals surface area contributed by atoms with Gasteiger partial charge in [-0.25, -0.2) is 4.79 Å². The Morgan fingerprint density at radius 3 is 2.19 bits per heavy atom. The third-order valence-electron chi connectivity index (χ3n) is 1.80. The van der Waals surface area contributed by atoms with Crippen molar-refractivity contribution in [3.05, 3.63) is 0 Å². The van der Waals surface area contributed by atoms with Gasteiger partial charge in [-0.15, -0.1) is 0 Å². The number of rotatable bonds is 6. The summed E-state index contributed by atoms with van der Waals surface area (Å²) in [6.07, 6.45) is -1.67. The molecule has 0 saturated heterocycles. The summed E-state index contributed by atoms with van der Waals surface area (Å²) < 4.78 is 0. The zero-order valence-electron chi connectivity index (χ0n) is 8.71. The Morgan fingerprint density at radius 2 is 1.88 bits per heavy atom. The standard InChI is InChI=1S/C8H15N3O5/c1-3(12)6(8(15)16)11-7(14)4(9)2-5(10)13/h3-4,6,12H,2,9H2,1H3,(H2,10,13)(H,11,14)(H,15,16)/t3?,4-,6-/m0/s1. The Balaban J connectivity index is 4.40. The van der Waals surface area contributed by atoms with Crippen LogP contribution in [0.5, 0.6) is 0 Å². The minimum atomic E-state index is -1.47. The molecule has 1 unspecified atom stereocenters. The fourth-order valence-electron chi connectivity index (χ4n) is 0.958. The highest BCUT2D eigenvalue weighted by molar-refractivity contribution is 5.90. The molecule has 0 aliphatic rings. The molecule has 0 saturated carbocycles. The average molecular weight is 233 g/mol. The van der Waals surface area contributed by atoms with Gasteiger partial charge in [-0.05, 0) is 6.92 Å². The van der Waals surface area contributed by atoms with Crippen LogP contribution in [0.15, 0.2) is 0 Å².